The molecule has 0 spiro atoms. The first-order chi connectivity index (χ1) is 12.4. The summed E-state index contributed by atoms with van der Waals surface area (Å²) in [6.07, 6.45) is 2.34. The fourth-order valence-corrected chi connectivity index (χ4v) is 2.66. The van der Waals surface area contributed by atoms with Crippen LogP contribution in [0.2, 0.25) is 0 Å². The summed E-state index contributed by atoms with van der Waals surface area (Å²) in [5.74, 6) is -1.39. The van der Waals surface area contributed by atoms with Gasteiger partial charge in [0, 0.05) is 12.1 Å². The van der Waals surface area contributed by atoms with Gasteiger partial charge >= 0.3 is 5.97 Å². The molecule has 1 heterocycles. The zero-order chi connectivity index (χ0) is 18.8. The molecule has 3 rings (SSSR count). The summed E-state index contributed by atoms with van der Waals surface area (Å²) in [4.78, 5) is 34.1. The monoisotopic (exact) mass is 359 g/mol. The van der Waals surface area contributed by atoms with E-state index < -0.39 is 22.8 Å². The molecule has 1 saturated carbocycles. The fourth-order valence-electron chi connectivity index (χ4n) is 2.66. The summed E-state index contributed by atoms with van der Waals surface area (Å²) >= 11 is 0. The Labute approximate surface area is 148 Å². The smallest absolute Gasteiger partial charge is 0.326 e. The minimum absolute atomic E-state index is 0.0152. The highest BCUT2D eigenvalue weighted by atomic mass is 16.6. The molecule has 2 N–H and O–H groups in total. The highest BCUT2D eigenvalue weighted by molar-refractivity contribution is 5.95. The first-order valence-electron chi connectivity index (χ1n) is 8.07. The zero-order valence-electron chi connectivity index (χ0n) is 14.0. The summed E-state index contributed by atoms with van der Waals surface area (Å²) < 4.78 is 1.30. The van der Waals surface area contributed by atoms with Crippen molar-refractivity contribution in [3.8, 4) is 5.69 Å². The molecule has 1 aromatic carbocycles. The lowest BCUT2D eigenvalue weighted by Crippen LogP contribution is -2.41. The van der Waals surface area contributed by atoms with Crippen molar-refractivity contribution in [1.82, 2.24) is 20.3 Å². The third-order valence-electron chi connectivity index (χ3n) is 4.26. The number of nitrogens with zero attached hydrogens (tertiary/aromatic N) is 4. The van der Waals surface area contributed by atoms with E-state index in [9.17, 15) is 24.8 Å². The average molecular weight is 359 g/mol. The zero-order valence-corrected chi connectivity index (χ0v) is 14.0. The number of rotatable bonds is 7. The van der Waals surface area contributed by atoms with Crippen LogP contribution in [0.1, 0.15) is 35.4 Å². The van der Waals surface area contributed by atoms with E-state index in [1.54, 1.807) is 13.0 Å². The summed E-state index contributed by atoms with van der Waals surface area (Å²) in [6, 6.07) is 4.79. The topological polar surface area (TPSA) is 140 Å². The van der Waals surface area contributed by atoms with Crippen molar-refractivity contribution in [3.63, 3.8) is 0 Å². The van der Waals surface area contributed by atoms with Gasteiger partial charge in [0.1, 0.15) is 6.04 Å². The van der Waals surface area contributed by atoms with Crippen LogP contribution in [0, 0.1) is 23.0 Å². The summed E-state index contributed by atoms with van der Waals surface area (Å²) in [5.41, 5.74) is 0.618. The maximum Gasteiger partial charge on any atom is 0.326 e. The molecule has 0 bridgehead atoms. The van der Waals surface area contributed by atoms with Crippen molar-refractivity contribution >= 4 is 17.6 Å². The van der Waals surface area contributed by atoms with Crippen molar-refractivity contribution in [2.24, 2.45) is 5.92 Å². The van der Waals surface area contributed by atoms with Crippen molar-refractivity contribution in [2.45, 2.75) is 32.2 Å². The summed E-state index contributed by atoms with van der Waals surface area (Å²) in [7, 11) is 0. The second-order valence-electron chi connectivity index (χ2n) is 6.26. The van der Waals surface area contributed by atoms with Gasteiger partial charge in [-0.3, -0.25) is 14.9 Å². The van der Waals surface area contributed by atoms with Crippen molar-refractivity contribution in [1.29, 1.82) is 0 Å². The van der Waals surface area contributed by atoms with E-state index in [1.807, 2.05) is 0 Å². The minimum atomic E-state index is -1.09. The van der Waals surface area contributed by atoms with Crippen LogP contribution in [0.3, 0.4) is 0 Å². The van der Waals surface area contributed by atoms with Gasteiger partial charge in [-0.15, -0.1) is 5.10 Å². The number of carboxylic acid groups (broad SMARTS) is 1. The quantitative estimate of drug-likeness (QED) is 0.563. The van der Waals surface area contributed by atoms with Gasteiger partial charge in [-0.2, -0.15) is 0 Å². The minimum Gasteiger partial charge on any atom is -0.480 e. The first kappa shape index (κ1) is 17.5. The molecule has 2 aromatic rings. The Hall–Kier alpha value is -3.30. The third kappa shape index (κ3) is 3.68. The Morgan fingerprint density at radius 3 is 2.81 bits per heavy atom. The lowest BCUT2D eigenvalue weighted by molar-refractivity contribution is -0.384. The van der Waals surface area contributed by atoms with Crippen molar-refractivity contribution in [3.05, 3.63) is 45.8 Å². The Bertz CT molecular complexity index is 874. The number of carbonyl (C=O) groups is 2. The van der Waals surface area contributed by atoms with E-state index in [4.69, 9.17) is 0 Å². The number of nitrogens with one attached hydrogen (secondary N) is 1. The predicted octanol–water partition coefficient (Wildman–Crippen LogP) is 1.47. The van der Waals surface area contributed by atoms with Crippen molar-refractivity contribution < 1.29 is 19.6 Å². The van der Waals surface area contributed by atoms with Crippen LogP contribution in [-0.2, 0) is 4.79 Å². The van der Waals surface area contributed by atoms with E-state index in [2.05, 4.69) is 15.6 Å². The molecular formula is C16H17N5O5. The summed E-state index contributed by atoms with van der Waals surface area (Å²) in [5, 5.41) is 30.3. The molecule has 1 unspecified atom stereocenters. The second kappa shape index (κ2) is 6.90. The number of benzene rings is 1. The van der Waals surface area contributed by atoms with Gasteiger partial charge in [0.15, 0.2) is 5.69 Å². The number of hydrogen-bond acceptors (Lipinski definition) is 6. The van der Waals surface area contributed by atoms with Gasteiger partial charge < -0.3 is 10.4 Å². The number of aliphatic carboxylic acids is 1. The van der Waals surface area contributed by atoms with Gasteiger partial charge in [-0.1, -0.05) is 24.1 Å². The van der Waals surface area contributed by atoms with Gasteiger partial charge in [0.2, 0.25) is 0 Å². The molecule has 136 valence electrons. The number of nitro groups is 1. The largest absolute Gasteiger partial charge is 0.480 e. The molecule has 0 radical (unpaired) electrons. The highest BCUT2D eigenvalue weighted by Crippen LogP contribution is 2.33. The normalized spacial score (nSPS) is 14.7. The van der Waals surface area contributed by atoms with E-state index >= 15 is 0 Å². The molecule has 1 aliphatic carbocycles. The van der Waals surface area contributed by atoms with E-state index in [0.29, 0.717) is 23.7 Å². The molecular weight excluding hydrogens is 342 g/mol. The molecule has 10 nitrogen and oxygen atoms in total. The summed E-state index contributed by atoms with van der Waals surface area (Å²) in [6.45, 7) is 1.59. The second-order valence-corrected chi connectivity index (χ2v) is 6.26. The molecule has 1 aromatic heterocycles. The maximum atomic E-state index is 12.4. The van der Waals surface area contributed by atoms with Crippen LogP contribution in [-0.4, -0.2) is 42.9 Å². The van der Waals surface area contributed by atoms with Gasteiger partial charge in [0.05, 0.1) is 16.3 Å². The third-order valence-corrected chi connectivity index (χ3v) is 4.26. The lowest BCUT2D eigenvalue weighted by Gasteiger charge is -2.13. The lowest BCUT2D eigenvalue weighted by atomic mass is 10.1. The molecule has 1 fully saturated rings. The number of carboxylic acids is 1. The van der Waals surface area contributed by atoms with E-state index in [-0.39, 0.29) is 11.4 Å². The SMILES string of the molecule is Cc1c(C(=O)NC(CC2CC2)C(=O)O)nnn1-c1cccc([N+](=O)[O-])c1. The number of non-ortho nitro benzene ring substituents is 1. The number of carbonyl (C=O) groups excluding carboxylic acids is 1. The van der Waals surface area contributed by atoms with E-state index in [0.717, 1.165) is 12.8 Å². The molecule has 0 saturated heterocycles. The molecule has 26 heavy (non-hydrogen) atoms. The highest BCUT2D eigenvalue weighted by Gasteiger charge is 2.31. The van der Waals surface area contributed by atoms with Crippen LogP contribution < -0.4 is 5.32 Å². The van der Waals surface area contributed by atoms with Gasteiger partial charge in [-0.05, 0) is 25.3 Å². The number of aromatic nitrogens is 3. The van der Waals surface area contributed by atoms with Crippen LogP contribution in [0.25, 0.3) is 5.69 Å². The van der Waals surface area contributed by atoms with Crippen LogP contribution in [0.5, 0.6) is 0 Å². The molecule has 1 amide bonds. The first-order valence-corrected chi connectivity index (χ1v) is 8.07. The van der Waals surface area contributed by atoms with Crippen LogP contribution in [0.15, 0.2) is 24.3 Å². The Balaban J connectivity index is 1.81. The molecule has 1 aliphatic rings. The Kier molecular flexibility index (Phi) is 4.65. The number of nitro benzene ring substituents is 1. The Morgan fingerprint density at radius 1 is 1.46 bits per heavy atom. The standard InChI is InChI=1S/C16H17N5O5/c1-9-14(15(22)17-13(16(23)24)7-10-5-6-10)18-19-20(9)11-3-2-4-12(8-11)21(25)26/h2-4,8,10,13H,5-7H2,1H3,(H,17,22)(H,23,24). The molecule has 10 heteroatoms. The Morgan fingerprint density at radius 2 is 2.19 bits per heavy atom. The van der Waals surface area contributed by atoms with Crippen molar-refractivity contribution in [2.75, 3.05) is 0 Å². The maximum absolute atomic E-state index is 12.4. The van der Waals surface area contributed by atoms with Gasteiger partial charge in [0.25, 0.3) is 11.6 Å². The number of amides is 1. The predicted molar refractivity (Wildman–Crippen MR) is 89.0 cm³/mol. The molecule has 0 aliphatic heterocycles. The number of hydrogen-bond donors (Lipinski definition) is 2. The van der Waals surface area contributed by atoms with Gasteiger partial charge in [-0.25, -0.2) is 9.48 Å². The van der Waals surface area contributed by atoms with E-state index in [1.165, 1.54) is 22.9 Å². The average Bonchev–Trinajstić information content (AvgIpc) is 3.33. The van der Waals surface area contributed by atoms with Crippen LogP contribution >= 0.6 is 0 Å². The fraction of sp³-hybridized carbons (Fsp3) is 0.375. The van der Waals surface area contributed by atoms with Crippen LogP contribution in [0.4, 0.5) is 5.69 Å². The molecule has 1 atom stereocenters.